The molecular weight excluding hydrogens is 226 g/mol. The molecule has 1 aromatic heterocycles. The van der Waals surface area contributed by atoms with Crippen LogP contribution in [-0.4, -0.2) is 23.4 Å². The lowest BCUT2D eigenvalue weighted by Crippen LogP contribution is -2.34. The van der Waals surface area contributed by atoms with Crippen LogP contribution in [0, 0.1) is 12.8 Å². The zero-order valence-electron chi connectivity index (χ0n) is 11.3. The van der Waals surface area contributed by atoms with Crippen LogP contribution in [0.3, 0.4) is 0 Å². The number of aryl methyl sites for hydroxylation is 1. The van der Waals surface area contributed by atoms with Gasteiger partial charge >= 0.3 is 0 Å². The highest BCUT2D eigenvalue weighted by Crippen LogP contribution is 2.28. The molecule has 0 saturated heterocycles. The largest absolute Gasteiger partial charge is 0.462 e. The monoisotopic (exact) mass is 247 g/mol. The van der Waals surface area contributed by atoms with Crippen molar-refractivity contribution in [2.75, 3.05) is 6.54 Å². The van der Waals surface area contributed by atoms with E-state index in [4.69, 9.17) is 4.42 Å². The van der Waals surface area contributed by atoms with E-state index < -0.39 is 0 Å². The fourth-order valence-corrected chi connectivity index (χ4v) is 1.99. The average molecular weight is 247 g/mol. The van der Waals surface area contributed by atoms with E-state index in [-0.39, 0.29) is 5.91 Å². The minimum atomic E-state index is 0.0975. The maximum atomic E-state index is 12.1. The predicted molar refractivity (Wildman–Crippen MR) is 72.1 cm³/mol. The van der Waals surface area contributed by atoms with Crippen LogP contribution in [0.25, 0.3) is 6.08 Å². The fourth-order valence-electron chi connectivity index (χ4n) is 1.99. The number of rotatable bonds is 5. The standard InChI is InChI=1S/C15H21NO2/c1-11(2)10-16(13-5-6-13)15(17)9-8-14-7-4-12(3)18-14/h4,7-9,11,13H,5-6,10H2,1-3H3/b9-8+. The van der Waals surface area contributed by atoms with E-state index in [0.717, 1.165) is 30.9 Å². The summed E-state index contributed by atoms with van der Waals surface area (Å²) in [5.74, 6) is 2.21. The van der Waals surface area contributed by atoms with Crippen molar-refractivity contribution < 1.29 is 9.21 Å². The molecule has 1 fully saturated rings. The van der Waals surface area contributed by atoms with Gasteiger partial charge in [-0.15, -0.1) is 0 Å². The highest BCUT2D eigenvalue weighted by molar-refractivity contribution is 5.91. The van der Waals surface area contributed by atoms with Crippen molar-refractivity contribution in [3.8, 4) is 0 Å². The molecule has 3 heteroatoms. The summed E-state index contributed by atoms with van der Waals surface area (Å²) in [4.78, 5) is 14.1. The summed E-state index contributed by atoms with van der Waals surface area (Å²) in [6.45, 7) is 7.02. The SMILES string of the molecule is Cc1ccc(/C=C/C(=O)N(CC(C)C)C2CC2)o1. The first-order valence-electron chi connectivity index (χ1n) is 6.61. The maximum Gasteiger partial charge on any atom is 0.246 e. The van der Waals surface area contributed by atoms with Gasteiger partial charge in [0.2, 0.25) is 5.91 Å². The first-order valence-corrected chi connectivity index (χ1v) is 6.61. The number of nitrogens with zero attached hydrogens (tertiary/aromatic N) is 1. The van der Waals surface area contributed by atoms with Gasteiger partial charge in [0.25, 0.3) is 0 Å². The molecular formula is C15H21NO2. The second kappa shape index (κ2) is 5.42. The lowest BCUT2D eigenvalue weighted by Gasteiger charge is -2.22. The molecule has 1 heterocycles. The molecule has 2 rings (SSSR count). The number of furan rings is 1. The first kappa shape index (κ1) is 12.9. The van der Waals surface area contributed by atoms with Gasteiger partial charge in [-0.05, 0) is 43.9 Å². The quantitative estimate of drug-likeness (QED) is 0.748. The van der Waals surface area contributed by atoms with Crippen LogP contribution in [0.15, 0.2) is 22.6 Å². The van der Waals surface area contributed by atoms with Crippen molar-refractivity contribution in [2.24, 2.45) is 5.92 Å². The predicted octanol–water partition coefficient (Wildman–Crippen LogP) is 3.25. The van der Waals surface area contributed by atoms with Gasteiger partial charge in [0, 0.05) is 18.7 Å². The normalized spacial score (nSPS) is 15.6. The van der Waals surface area contributed by atoms with E-state index in [1.54, 1.807) is 12.2 Å². The van der Waals surface area contributed by atoms with Gasteiger partial charge in [-0.2, -0.15) is 0 Å². The molecule has 18 heavy (non-hydrogen) atoms. The summed E-state index contributed by atoms with van der Waals surface area (Å²) in [6.07, 6.45) is 5.67. The highest BCUT2D eigenvalue weighted by atomic mass is 16.3. The number of hydrogen-bond acceptors (Lipinski definition) is 2. The molecule has 0 aliphatic heterocycles. The molecule has 0 unspecified atom stereocenters. The van der Waals surface area contributed by atoms with Gasteiger partial charge in [-0.3, -0.25) is 4.79 Å². The van der Waals surface area contributed by atoms with Crippen molar-refractivity contribution >= 4 is 12.0 Å². The fraction of sp³-hybridized carbons (Fsp3) is 0.533. The summed E-state index contributed by atoms with van der Waals surface area (Å²) in [5, 5.41) is 0. The summed E-state index contributed by atoms with van der Waals surface area (Å²) < 4.78 is 5.41. The lowest BCUT2D eigenvalue weighted by atomic mass is 10.2. The van der Waals surface area contributed by atoms with E-state index in [1.807, 2.05) is 24.0 Å². The number of hydrogen-bond donors (Lipinski definition) is 0. The molecule has 1 aromatic rings. The first-order chi connectivity index (χ1) is 8.56. The second-order valence-electron chi connectivity index (χ2n) is 5.40. The minimum Gasteiger partial charge on any atom is -0.462 e. The third-order valence-corrected chi connectivity index (χ3v) is 2.98. The molecule has 1 aliphatic rings. The number of carbonyl (C=O) groups is 1. The summed E-state index contributed by atoms with van der Waals surface area (Å²) in [6, 6.07) is 4.24. The van der Waals surface area contributed by atoms with Gasteiger partial charge in [-0.1, -0.05) is 13.8 Å². The summed E-state index contributed by atoms with van der Waals surface area (Å²) >= 11 is 0. The summed E-state index contributed by atoms with van der Waals surface area (Å²) in [7, 11) is 0. The molecule has 98 valence electrons. The average Bonchev–Trinajstić information content (AvgIpc) is 3.06. The Balaban J connectivity index is 1.98. The van der Waals surface area contributed by atoms with Crippen molar-refractivity contribution in [1.29, 1.82) is 0 Å². The minimum absolute atomic E-state index is 0.0975. The van der Waals surface area contributed by atoms with Crippen molar-refractivity contribution in [3.63, 3.8) is 0 Å². The maximum absolute atomic E-state index is 12.1. The zero-order valence-corrected chi connectivity index (χ0v) is 11.3. The van der Waals surface area contributed by atoms with Crippen LogP contribution >= 0.6 is 0 Å². The zero-order chi connectivity index (χ0) is 13.1. The second-order valence-corrected chi connectivity index (χ2v) is 5.40. The van der Waals surface area contributed by atoms with E-state index in [1.165, 1.54) is 0 Å². The van der Waals surface area contributed by atoms with Crippen LogP contribution < -0.4 is 0 Å². The van der Waals surface area contributed by atoms with Crippen LogP contribution in [0.1, 0.15) is 38.2 Å². The van der Waals surface area contributed by atoms with Crippen LogP contribution in [0.5, 0.6) is 0 Å². The van der Waals surface area contributed by atoms with Crippen molar-refractivity contribution in [1.82, 2.24) is 4.90 Å². The molecule has 0 atom stereocenters. The van der Waals surface area contributed by atoms with E-state index in [2.05, 4.69) is 13.8 Å². The van der Waals surface area contributed by atoms with E-state index in [9.17, 15) is 4.79 Å². The Hall–Kier alpha value is -1.51. The topological polar surface area (TPSA) is 33.5 Å². The van der Waals surface area contributed by atoms with E-state index >= 15 is 0 Å². The van der Waals surface area contributed by atoms with Crippen LogP contribution in [-0.2, 0) is 4.79 Å². The third-order valence-electron chi connectivity index (χ3n) is 2.98. The molecule has 0 radical (unpaired) electrons. The van der Waals surface area contributed by atoms with Gasteiger partial charge in [0.15, 0.2) is 0 Å². The summed E-state index contributed by atoms with van der Waals surface area (Å²) in [5.41, 5.74) is 0. The lowest BCUT2D eigenvalue weighted by molar-refractivity contribution is -0.127. The van der Waals surface area contributed by atoms with Crippen molar-refractivity contribution in [2.45, 2.75) is 39.7 Å². The molecule has 1 saturated carbocycles. The molecule has 1 amide bonds. The molecule has 1 aliphatic carbocycles. The van der Waals surface area contributed by atoms with Crippen molar-refractivity contribution in [3.05, 3.63) is 29.7 Å². The smallest absolute Gasteiger partial charge is 0.246 e. The molecule has 0 bridgehead atoms. The molecule has 0 N–H and O–H groups in total. The van der Waals surface area contributed by atoms with E-state index in [0.29, 0.717) is 12.0 Å². The Bertz CT molecular complexity index is 441. The highest BCUT2D eigenvalue weighted by Gasteiger charge is 2.31. The Morgan fingerprint density at radius 3 is 2.72 bits per heavy atom. The van der Waals surface area contributed by atoms with Gasteiger partial charge < -0.3 is 9.32 Å². The van der Waals surface area contributed by atoms with Gasteiger partial charge in [-0.25, -0.2) is 0 Å². The van der Waals surface area contributed by atoms with Crippen LogP contribution in [0.2, 0.25) is 0 Å². The van der Waals surface area contributed by atoms with Gasteiger partial charge in [0.1, 0.15) is 11.5 Å². The van der Waals surface area contributed by atoms with Crippen LogP contribution in [0.4, 0.5) is 0 Å². The number of carbonyl (C=O) groups excluding carboxylic acids is 1. The Morgan fingerprint density at radius 1 is 1.50 bits per heavy atom. The molecule has 0 aromatic carbocycles. The Labute approximate surface area is 108 Å². The number of amides is 1. The molecule has 3 nitrogen and oxygen atoms in total. The Kier molecular flexibility index (Phi) is 3.90. The third kappa shape index (κ3) is 3.49. The Morgan fingerprint density at radius 2 is 2.22 bits per heavy atom. The van der Waals surface area contributed by atoms with Gasteiger partial charge in [0.05, 0.1) is 0 Å². The molecule has 0 spiro atoms.